The first-order valence-corrected chi connectivity index (χ1v) is 8.22. The van der Waals surface area contributed by atoms with Gasteiger partial charge >= 0.3 is 0 Å². The van der Waals surface area contributed by atoms with E-state index in [9.17, 15) is 4.79 Å². The second-order valence-electron chi connectivity index (χ2n) is 6.13. The first kappa shape index (κ1) is 18.4. The molecule has 1 fully saturated rings. The summed E-state index contributed by atoms with van der Waals surface area (Å²) in [6, 6.07) is 13.9. The summed E-state index contributed by atoms with van der Waals surface area (Å²) in [7, 11) is 0. The SMILES string of the molecule is Cc1cccc(C(NC(=O)C2CCNCC2)c2ccccn2)c1.Cl. The summed E-state index contributed by atoms with van der Waals surface area (Å²) in [4.78, 5) is 17.1. The molecule has 2 aromatic rings. The van der Waals surface area contributed by atoms with Gasteiger partial charge in [0, 0.05) is 12.1 Å². The van der Waals surface area contributed by atoms with Crippen molar-refractivity contribution in [2.24, 2.45) is 5.92 Å². The average molecular weight is 346 g/mol. The Bertz CT molecular complexity index is 657. The van der Waals surface area contributed by atoms with Crippen LogP contribution in [0.25, 0.3) is 0 Å². The number of benzene rings is 1. The minimum absolute atomic E-state index is 0. The van der Waals surface area contributed by atoms with Gasteiger partial charge in [-0.15, -0.1) is 12.4 Å². The number of carbonyl (C=O) groups is 1. The highest BCUT2D eigenvalue weighted by atomic mass is 35.5. The van der Waals surface area contributed by atoms with Gasteiger partial charge in [0.2, 0.25) is 5.91 Å². The highest BCUT2D eigenvalue weighted by Gasteiger charge is 2.25. The Balaban J connectivity index is 0.00000208. The van der Waals surface area contributed by atoms with Crippen LogP contribution in [0.5, 0.6) is 0 Å². The third kappa shape index (κ3) is 4.56. The van der Waals surface area contributed by atoms with Crippen LogP contribution in [-0.2, 0) is 4.79 Å². The van der Waals surface area contributed by atoms with Gasteiger partial charge in [0.1, 0.15) is 0 Å². The Labute approximate surface area is 149 Å². The Morgan fingerprint density at radius 1 is 1.21 bits per heavy atom. The highest BCUT2D eigenvalue weighted by molar-refractivity contribution is 5.85. The molecule has 24 heavy (non-hydrogen) atoms. The highest BCUT2D eigenvalue weighted by Crippen LogP contribution is 2.23. The monoisotopic (exact) mass is 345 g/mol. The lowest BCUT2D eigenvalue weighted by Gasteiger charge is -2.25. The van der Waals surface area contributed by atoms with Gasteiger partial charge < -0.3 is 10.6 Å². The van der Waals surface area contributed by atoms with E-state index < -0.39 is 0 Å². The first-order valence-electron chi connectivity index (χ1n) is 8.22. The molecule has 1 aromatic heterocycles. The molecule has 1 amide bonds. The number of rotatable bonds is 4. The molecular weight excluding hydrogens is 322 g/mol. The van der Waals surface area contributed by atoms with Crippen molar-refractivity contribution in [3.05, 3.63) is 65.5 Å². The summed E-state index contributed by atoms with van der Waals surface area (Å²) >= 11 is 0. The minimum Gasteiger partial charge on any atom is -0.343 e. The number of hydrogen-bond acceptors (Lipinski definition) is 3. The topological polar surface area (TPSA) is 54.0 Å². The smallest absolute Gasteiger partial charge is 0.224 e. The van der Waals surface area contributed by atoms with Gasteiger partial charge in [0.05, 0.1) is 11.7 Å². The Morgan fingerprint density at radius 3 is 2.67 bits per heavy atom. The van der Waals surface area contributed by atoms with Gasteiger partial charge in [-0.1, -0.05) is 35.9 Å². The van der Waals surface area contributed by atoms with Gasteiger partial charge in [-0.3, -0.25) is 9.78 Å². The fourth-order valence-electron chi connectivity index (χ4n) is 3.07. The standard InChI is InChI=1S/C19H23N3O.ClH/c1-14-5-4-6-16(13-14)18(17-7-2-3-10-21-17)22-19(23)15-8-11-20-12-9-15;/h2-7,10,13,15,18,20H,8-9,11-12H2,1H3,(H,22,23);1H. The third-order valence-corrected chi connectivity index (χ3v) is 4.36. The molecule has 4 nitrogen and oxygen atoms in total. The van der Waals surface area contributed by atoms with Gasteiger partial charge in [-0.2, -0.15) is 0 Å². The zero-order valence-corrected chi connectivity index (χ0v) is 14.7. The second-order valence-corrected chi connectivity index (χ2v) is 6.13. The fourth-order valence-corrected chi connectivity index (χ4v) is 3.07. The molecule has 5 heteroatoms. The van der Waals surface area contributed by atoms with Crippen molar-refractivity contribution in [3.63, 3.8) is 0 Å². The molecule has 128 valence electrons. The molecule has 0 radical (unpaired) electrons. The lowest BCUT2D eigenvalue weighted by molar-refractivity contribution is -0.126. The molecule has 0 saturated carbocycles. The van der Waals surface area contributed by atoms with Crippen molar-refractivity contribution in [2.45, 2.75) is 25.8 Å². The number of halogens is 1. The molecular formula is C19H24ClN3O. The van der Waals surface area contributed by atoms with Crippen molar-refractivity contribution < 1.29 is 4.79 Å². The van der Waals surface area contributed by atoms with Crippen LogP contribution in [0.2, 0.25) is 0 Å². The van der Waals surface area contributed by atoms with E-state index in [0.717, 1.165) is 37.2 Å². The van der Waals surface area contributed by atoms with Crippen LogP contribution in [0.15, 0.2) is 48.7 Å². The van der Waals surface area contributed by atoms with E-state index in [-0.39, 0.29) is 30.3 Å². The van der Waals surface area contributed by atoms with E-state index in [1.165, 1.54) is 5.56 Å². The number of piperidine rings is 1. The van der Waals surface area contributed by atoms with Crippen LogP contribution < -0.4 is 10.6 Å². The molecule has 0 spiro atoms. The molecule has 3 rings (SSSR count). The van der Waals surface area contributed by atoms with Gasteiger partial charge in [0.25, 0.3) is 0 Å². The number of carbonyl (C=O) groups excluding carboxylic acids is 1. The third-order valence-electron chi connectivity index (χ3n) is 4.36. The minimum atomic E-state index is -0.196. The number of nitrogens with zero attached hydrogens (tertiary/aromatic N) is 1. The number of hydrogen-bond donors (Lipinski definition) is 2. The number of aromatic nitrogens is 1. The predicted molar refractivity (Wildman–Crippen MR) is 98.2 cm³/mol. The fraction of sp³-hybridized carbons (Fsp3) is 0.368. The van der Waals surface area contributed by atoms with E-state index in [1.807, 2.05) is 24.3 Å². The van der Waals surface area contributed by atoms with E-state index in [1.54, 1.807) is 6.20 Å². The number of nitrogens with one attached hydrogen (secondary N) is 2. The molecule has 0 bridgehead atoms. The lowest BCUT2D eigenvalue weighted by Crippen LogP contribution is -2.40. The summed E-state index contributed by atoms with van der Waals surface area (Å²) in [5.41, 5.74) is 3.13. The maximum Gasteiger partial charge on any atom is 0.224 e. The van der Waals surface area contributed by atoms with Gasteiger partial charge in [-0.25, -0.2) is 0 Å². The molecule has 2 N–H and O–H groups in total. The lowest BCUT2D eigenvalue weighted by atomic mass is 9.95. The van der Waals surface area contributed by atoms with Crippen LogP contribution in [0.3, 0.4) is 0 Å². The number of aryl methyl sites for hydroxylation is 1. The van der Waals surface area contributed by atoms with E-state index >= 15 is 0 Å². The molecule has 2 heterocycles. The Morgan fingerprint density at radius 2 is 2.00 bits per heavy atom. The first-order chi connectivity index (χ1) is 11.2. The van der Waals surface area contributed by atoms with Crippen molar-refractivity contribution in [1.29, 1.82) is 0 Å². The number of pyridine rings is 1. The van der Waals surface area contributed by atoms with Crippen LogP contribution in [-0.4, -0.2) is 24.0 Å². The van der Waals surface area contributed by atoms with Crippen molar-refractivity contribution in [2.75, 3.05) is 13.1 Å². The maximum atomic E-state index is 12.7. The predicted octanol–water partition coefficient (Wildman–Crippen LogP) is 3.02. The summed E-state index contributed by atoms with van der Waals surface area (Å²) in [6.45, 7) is 3.89. The molecule has 1 unspecified atom stereocenters. The average Bonchev–Trinajstić information content (AvgIpc) is 2.61. The molecule has 0 aliphatic carbocycles. The molecule has 1 aromatic carbocycles. The van der Waals surface area contributed by atoms with Crippen molar-refractivity contribution >= 4 is 18.3 Å². The summed E-state index contributed by atoms with van der Waals surface area (Å²) < 4.78 is 0. The van der Waals surface area contributed by atoms with Crippen LogP contribution in [0, 0.1) is 12.8 Å². The van der Waals surface area contributed by atoms with Crippen molar-refractivity contribution in [1.82, 2.24) is 15.6 Å². The zero-order chi connectivity index (χ0) is 16.1. The molecule has 1 aliphatic rings. The van der Waals surface area contributed by atoms with Crippen LogP contribution >= 0.6 is 12.4 Å². The molecule has 1 saturated heterocycles. The molecule has 1 atom stereocenters. The van der Waals surface area contributed by atoms with E-state index in [2.05, 4.69) is 40.7 Å². The summed E-state index contributed by atoms with van der Waals surface area (Å²) in [5, 5.41) is 6.52. The summed E-state index contributed by atoms with van der Waals surface area (Å²) in [6.07, 6.45) is 3.57. The summed E-state index contributed by atoms with van der Waals surface area (Å²) in [5.74, 6) is 0.218. The number of amides is 1. The quantitative estimate of drug-likeness (QED) is 0.895. The van der Waals surface area contributed by atoms with Crippen LogP contribution in [0.4, 0.5) is 0 Å². The van der Waals surface area contributed by atoms with Crippen LogP contribution in [0.1, 0.15) is 35.7 Å². The maximum absolute atomic E-state index is 12.7. The van der Waals surface area contributed by atoms with Crippen molar-refractivity contribution in [3.8, 4) is 0 Å². The van der Waals surface area contributed by atoms with Gasteiger partial charge in [-0.05, 0) is 50.6 Å². The van der Waals surface area contributed by atoms with E-state index in [4.69, 9.17) is 0 Å². The largest absolute Gasteiger partial charge is 0.343 e. The normalized spacial score (nSPS) is 16.0. The zero-order valence-electron chi connectivity index (χ0n) is 13.9. The molecule has 1 aliphatic heterocycles. The van der Waals surface area contributed by atoms with E-state index in [0.29, 0.717) is 0 Å². The Hall–Kier alpha value is -1.91. The second kappa shape index (κ2) is 8.81. The Kier molecular flexibility index (Phi) is 6.76. The van der Waals surface area contributed by atoms with Gasteiger partial charge in [0.15, 0.2) is 0 Å².